The van der Waals surface area contributed by atoms with Crippen LogP contribution in [0.3, 0.4) is 0 Å². The molecule has 0 bridgehead atoms. The van der Waals surface area contributed by atoms with Crippen LogP contribution in [-0.2, 0) is 11.8 Å². The largest absolute Gasteiger partial charge is 0.456 e. The zero-order chi connectivity index (χ0) is 19.3. The Labute approximate surface area is 171 Å². The Hall–Kier alpha value is -1.96. The average Bonchev–Trinajstić information content (AvgIpc) is 2.65. The first kappa shape index (κ1) is 19.8. The number of benzene rings is 3. The fourth-order valence-corrected chi connectivity index (χ4v) is 3.46. The lowest BCUT2D eigenvalue weighted by Crippen LogP contribution is -2.17. The topological polar surface area (TPSA) is 9.23 Å². The van der Waals surface area contributed by atoms with Gasteiger partial charge in [-0.05, 0) is 72.2 Å². The van der Waals surface area contributed by atoms with E-state index in [0.29, 0.717) is 10.8 Å². The normalized spacial score (nSPS) is 11.4. The van der Waals surface area contributed by atoms with Crippen LogP contribution >= 0.6 is 23.2 Å². The fourth-order valence-electron chi connectivity index (χ4n) is 3.18. The summed E-state index contributed by atoms with van der Waals surface area (Å²) in [6.07, 6.45) is 3.16. The maximum atomic E-state index is 6.31. The van der Waals surface area contributed by atoms with Crippen LogP contribution in [0.2, 0.25) is 10.0 Å². The number of para-hydroxylation sites is 1. The van der Waals surface area contributed by atoms with Crippen LogP contribution in [0.5, 0.6) is 11.5 Å². The molecule has 0 aliphatic heterocycles. The second-order valence-electron chi connectivity index (χ2n) is 7.42. The van der Waals surface area contributed by atoms with Crippen molar-refractivity contribution < 1.29 is 4.74 Å². The van der Waals surface area contributed by atoms with E-state index in [4.69, 9.17) is 27.9 Å². The lowest BCUT2D eigenvalue weighted by atomic mass is 9.80. The summed E-state index contributed by atoms with van der Waals surface area (Å²) in [6, 6.07) is 23.9. The van der Waals surface area contributed by atoms with E-state index in [1.807, 2.05) is 54.6 Å². The number of hydrogen-bond acceptors (Lipinski definition) is 1. The third-order valence-electron chi connectivity index (χ3n) is 4.86. The molecular formula is C24H24Cl2O. The van der Waals surface area contributed by atoms with Crippen molar-refractivity contribution in [2.75, 3.05) is 0 Å². The molecule has 0 aliphatic rings. The minimum atomic E-state index is 0.111. The summed E-state index contributed by atoms with van der Waals surface area (Å²) < 4.78 is 5.93. The average molecular weight is 399 g/mol. The van der Waals surface area contributed by atoms with Crippen molar-refractivity contribution in [3.63, 3.8) is 0 Å². The maximum absolute atomic E-state index is 6.31. The van der Waals surface area contributed by atoms with Crippen molar-refractivity contribution in [1.29, 1.82) is 0 Å². The molecule has 0 atom stereocenters. The molecule has 0 N–H and O–H groups in total. The van der Waals surface area contributed by atoms with Crippen LogP contribution in [0.15, 0.2) is 72.8 Å². The Balaban J connectivity index is 1.62. The molecule has 0 heterocycles. The van der Waals surface area contributed by atoms with Crippen molar-refractivity contribution in [2.24, 2.45) is 0 Å². The van der Waals surface area contributed by atoms with Gasteiger partial charge in [-0.15, -0.1) is 0 Å². The predicted octanol–water partition coefficient (Wildman–Crippen LogP) is 8.09. The number of hydrogen-bond donors (Lipinski definition) is 0. The molecule has 0 saturated carbocycles. The fraction of sp³-hybridized carbons (Fsp3) is 0.250. The van der Waals surface area contributed by atoms with Crippen LogP contribution in [0.25, 0.3) is 0 Å². The molecule has 140 valence electrons. The Bertz CT molecular complexity index is 871. The third kappa shape index (κ3) is 5.51. The summed E-state index contributed by atoms with van der Waals surface area (Å²) in [5, 5.41) is 1.41. The number of halogens is 2. The van der Waals surface area contributed by atoms with E-state index in [9.17, 15) is 0 Å². The van der Waals surface area contributed by atoms with Crippen LogP contribution in [0.4, 0.5) is 0 Å². The highest BCUT2D eigenvalue weighted by atomic mass is 35.5. The molecule has 0 radical (unpaired) electrons. The van der Waals surface area contributed by atoms with E-state index in [1.54, 1.807) is 0 Å². The molecule has 0 saturated heterocycles. The SMILES string of the molecule is CC(C)(CCCc1ccc(Cl)c(Oc2ccccc2)c1)c1ccc(Cl)cc1. The van der Waals surface area contributed by atoms with Crippen LogP contribution in [0.1, 0.15) is 37.8 Å². The first-order valence-electron chi connectivity index (χ1n) is 9.21. The van der Waals surface area contributed by atoms with Crippen molar-refractivity contribution in [1.82, 2.24) is 0 Å². The quantitative estimate of drug-likeness (QED) is 0.390. The van der Waals surface area contributed by atoms with Gasteiger partial charge in [-0.25, -0.2) is 0 Å². The molecule has 0 fully saturated rings. The lowest BCUT2D eigenvalue weighted by Gasteiger charge is -2.25. The highest BCUT2D eigenvalue weighted by Gasteiger charge is 2.20. The van der Waals surface area contributed by atoms with Gasteiger partial charge in [0.05, 0.1) is 5.02 Å². The summed E-state index contributed by atoms with van der Waals surface area (Å²) in [7, 11) is 0. The molecule has 0 aromatic heterocycles. The smallest absolute Gasteiger partial charge is 0.146 e. The van der Waals surface area contributed by atoms with Gasteiger partial charge in [0.25, 0.3) is 0 Å². The number of rotatable bonds is 7. The molecule has 0 spiro atoms. The first-order chi connectivity index (χ1) is 12.9. The van der Waals surface area contributed by atoms with Crippen molar-refractivity contribution in [3.8, 4) is 11.5 Å². The van der Waals surface area contributed by atoms with Gasteiger partial charge in [-0.2, -0.15) is 0 Å². The highest BCUT2D eigenvalue weighted by Crippen LogP contribution is 2.33. The van der Waals surface area contributed by atoms with Gasteiger partial charge >= 0.3 is 0 Å². The first-order valence-corrected chi connectivity index (χ1v) is 9.97. The standard InChI is InChI=1S/C24H24Cl2O/c1-24(2,19-11-13-20(25)14-12-19)16-6-7-18-10-15-22(26)23(17-18)27-21-8-4-3-5-9-21/h3-5,8-15,17H,6-7,16H2,1-2H3. The van der Waals surface area contributed by atoms with Gasteiger partial charge < -0.3 is 4.74 Å². The summed E-state index contributed by atoms with van der Waals surface area (Å²) in [5.74, 6) is 1.50. The predicted molar refractivity (Wildman–Crippen MR) is 115 cm³/mol. The van der Waals surface area contributed by atoms with E-state index in [1.165, 1.54) is 11.1 Å². The number of ether oxygens (including phenoxy) is 1. The summed E-state index contributed by atoms with van der Waals surface area (Å²) in [4.78, 5) is 0. The zero-order valence-corrected chi connectivity index (χ0v) is 17.2. The van der Waals surface area contributed by atoms with E-state index in [-0.39, 0.29) is 5.41 Å². The number of aryl methyl sites for hydroxylation is 1. The molecule has 3 aromatic rings. The maximum Gasteiger partial charge on any atom is 0.146 e. The van der Waals surface area contributed by atoms with Gasteiger partial charge in [0.2, 0.25) is 0 Å². The van der Waals surface area contributed by atoms with E-state index in [2.05, 4.69) is 32.0 Å². The Kier molecular flexibility index (Phi) is 6.46. The molecular weight excluding hydrogens is 375 g/mol. The van der Waals surface area contributed by atoms with Gasteiger partial charge in [0.1, 0.15) is 11.5 Å². The van der Waals surface area contributed by atoms with Crippen LogP contribution in [0, 0.1) is 0 Å². The van der Waals surface area contributed by atoms with Crippen molar-refractivity contribution in [3.05, 3.63) is 94.0 Å². The van der Waals surface area contributed by atoms with E-state index in [0.717, 1.165) is 30.0 Å². The van der Waals surface area contributed by atoms with Gasteiger partial charge in [-0.1, -0.05) is 73.4 Å². The van der Waals surface area contributed by atoms with Gasteiger partial charge in [0, 0.05) is 5.02 Å². The summed E-state index contributed by atoms with van der Waals surface area (Å²) >= 11 is 12.3. The van der Waals surface area contributed by atoms with E-state index >= 15 is 0 Å². The second-order valence-corrected chi connectivity index (χ2v) is 8.27. The third-order valence-corrected chi connectivity index (χ3v) is 5.42. The molecule has 1 nitrogen and oxygen atoms in total. The van der Waals surface area contributed by atoms with Crippen LogP contribution < -0.4 is 4.74 Å². The summed E-state index contributed by atoms with van der Waals surface area (Å²) in [5.41, 5.74) is 2.66. The Morgan fingerprint density at radius 2 is 1.56 bits per heavy atom. The molecule has 27 heavy (non-hydrogen) atoms. The molecule has 0 unspecified atom stereocenters. The van der Waals surface area contributed by atoms with Crippen LogP contribution in [-0.4, -0.2) is 0 Å². The molecule has 3 rings (SSSR count). The minimum Gasteiger partial charge on any atom is -0.456 e. The van der Waals surface area contributed by atoms with Gasteiger partial charge in [-0.3, -0.25) is 0 Å². The molecule has 3 heteroatoms. The second kappa shape index (κ2) is 8.82. The molecule has 0 aliphatic carbocycles. The lowest BCUT2D eigenvalue weighted by molar-refractivity contribution is 0.460. The zero-order valence-electron chi connectivity index (χ0n) is 15.7. The Morgan fingerprint density at radius 1 is 0.852 bits per heavy atom. The van der Waals surface area contributed by atoms with Gasteiger partial charge in [0.15, 0.2) is 0 Å². The van der Waals surface area contributed by atoms with E-state index < -0.39 is 0 Å². The van der Waals surface area contributed by atoms with Crippen molar-refractivity contribution in [2.45, 2.75) is 38.5 Å². The monoisotopic (exact) mass is 398 g/mol. The highest BCUT2D eigenvalue weighted by molar-refractivity contribution is 6.32. The summed E-state index contributed by atoms with van der Waals surface area (Å²) in [6.45, 7) is 4.56. The molecule has 3 aromatic carbocycles. The Morgan fingerprint density at radius 3 is 2.26 bits per heavy atom. The molecule has 0 amide bonds. The van der Waals surface area contributed by atoms with Crippen molar-refractivity contribution >= 4 is 23.2 Å². The minimum absolute atomic E-state index is 0.111.